The Kier molecular flexibility index (Phi) is 7.48. The van der Waals surface area contributed by atoms with Gasteiger partial charge >= 0.3 is 5.97 Å². The van der Waals surface area contributed by atoms with E-state index in [4.69, 9.17) is 19.2 Å². The first kappa shape index (κ1) is 25.5. The van der Waals surface area contributed by atoms with Crippen molar-refractivity contribution >= 4 is 17.5 Å². The number of phenolic OH excluding ortho intramolecular Hbond substituents is 1. The Morgan fingerprint density at radius 1 is 1.03 bits per heavy atom. The van der Waals surface area contributed by atoms with Gasteiger partial charge in [-0.15, -0.1) is 0 Å². The van der Waals surface area contributed by atoms with Crippen molar-refractivity contribution in [3.63, 3.8) is 0 Å². The lowest BCUT2D eigenvalue weighted by Gasteiger charge is -2.38. The van der Waals surface area contributed by atoms with Gasteiger partial charge in [-0.1, -0.05) is 32.0 Å². The Morgan fingerprint density at radius 3 is 2.36 bits per heavy atom. The van der Waals surface area contributed by atoms with Crippen LogP contribution in [0.25, 0.3) is 0 Å². The van der Waals surface area contributed by atoms with Crippen LogP contribution in [0, 0.1) is 11.8 Å². The van der Waals surface area contributed by atoms with Crippen LogP contribution < -0.4 is 9.47 Å². The molecule has 0 bridgehead atoms. The monoisotopic (exact) mass is 491 g/mol. The minimum atomic E-state index is -0.584. The largest absolute Gasteiger partial charge is 0.504 e. The first-order valence-electron chi connectivity index (χ1n) is 12.2. The number of methoxy groups -OCH3 is 2. The summed E-state index contributed by atoms with van der Waals surface area (Å²) >= 11 is 0. The number of nitrogens with zero attached hydrogens (tertiary/aromatic N) is 1. The van der Waals surface area contributed by atoms with E-state index in [1.807, 2.05) is 38.1 Å². The van der Waals surface area contributed by atoms with Gasteiger partial charge in [-0.2, -0.15) is 0 Å². The summed E-state index contributed by atoms with van der Waals surface area (Å²) in [6.45, 7) is 6.01. The van der Waals surface area contributed by atoms with Crippen molar-refractivity contribution in [2.24, 2.45) is 16.8 Å². The van der Waals surface area contributed by atoms with Gasteiger partial charge in [0.1, 0.15) is 11.5 Å². The average Bonchev–Trinajstić information content (AvgIpc) is 2.86. The maximum Gasteiger partial charge on any atom is 0.336 e. The predicted molar refractivity (Wildman–Crippen MR) is 137 cm³/mol. The van der Waals surface area contributed by atoms with Gasteiger partial charge in [-0.05, 0) is 60.6 Å². The lowest BCUT2D eigenvalue weighted by molar-refractivity contribution is -0.140. The molecule has 2 aromatic rings. The highest BCUT2D eigenvalue weighted by Gasteiger charge is 2.46. The molecule has 7 heteroatoms. The quantitative estimate of drug-likeness (QED) is 0.536. The molecule has 190 valence electrons. The van der Waals surface area contributed by atoms with Crippen molar-refractivity contribution in [2.45, 2.75) is 45.4 Å². The summed E-state index contributed by atoms with van der Waals surface area (Å²) in [5.74, 6) is -0.394. The molecule has 2 aliphatic rings. The molecule has 4 rings (SSSR count). The molecule has 0 radical (unpaired) electrons. The normalized spacial score (nSPS) is 21.7. The minimum Gasteiger partial charge on any atom is -0.504 e. The third kappa shape index (κ3) is 5.01. The number of aliphatic imine (C=N–C) groups is 1. The molecule has 1 aliphatic carbocycles. The van der Waals surface area contributed by atoms with Crippen molar-refractivity contribution < 1.29 is 28.9 Å². The van der Waals surface area contributed by atoms with Crippen molar-refractivity contribution in [1.82, 2.24) is 0 Å². The Bertz CT molecular complexity index is 1210. The number of esters is 1. The van der Waals surface area contributed by atoms with Crippen LogP contribution in [0.2, 0.25) is 0 Å². The molecule has 1 aliphatic heterocycles. The first-order valence-corrected chi connectivity index (χ1v) is 12.2. The number of carbonyl (C=O) groups is 2. The molecule has 36 heavy (non-hydrogen) atoms. The van der Waals surface area contributed by atoms with Gasteiger partial charge in [-0.3, -0.25) is 9.79 Å². The van der Waals surface area contributed by atoms with E-state index in [0.717, 1.165) is 17.0 Å². The first-order chi connectivity index (χ1) is 17.2. The number of allylic oxidation sites excluding steroid dienone is 1. The molecule has 1 heterocycles. The summed E-state index contributed by atoms with van der Waals surface area (Å²) in [6.07, 6.45) is 0.954. The molecule has 0 saturated heterocycles. The number of phenols is 1. The number of hydrogen-bond acceptors (Lipinski definition) is 7. The SMILES string of the molecule is COc1ccc([C@@H]2CC(=O)[C@@H]3C(=NC(C)=C(C(=O)OCC(C)C)[C@@H]3c3ccc(O)c(OC)c3)C2)cc1. The predicted octanol–water partition coefficient (Wildman–Crippen LogP) is 5.18. The van der Waals surface area contributed by atoms with Crippen LogP contribution in [0.1, 0.15) is 56.6 Å². The highest BCUT2D eigenvalue weighted by molar-refractivity contribution is 6.12. The molecular formula is C29H33NO6. The second kappa shape index (κ2) is 10.6. The second-order valence-electron chi connectivity index (χ2n) is 9.83. The smallest absolute Gasteiger partial charge is 0.336 e. The molecule has 3 atom stereocenters. The number of ether oxygens (including phenoxy) is 3. The number of rotatable bonds is 7. The van der Waals surface area contributed by atoms with E-state index in [1.54, 1.807) is 26.2 Å². The molecule has 2 aromatic carbocycles. The summed E-state index contributed by atoms with van der Waals surface area (Å²) < 4.78 is 16.2. The van der Waals surface area contributed by atoms with Gasteiger partial charge in [0, 0.05) is 23.7 Å². The van der Waals surface area contributed by atoms with Crippen molar-refractivity contribution in [3.05, 3.63) is 64.9 Å². The molecule has 1 N–H and O–H groups in total. The van der Waals surface area contributed by atoms with E-state index in [2.05, 4.69) is 0 Å². The zero-order valence-corrected chi connectivity index (χ0v) is 21.4. The maximum atomic E-state index is 13.7. The Morgan fingerprint density at radius 2 is 1.72 bits per heavy atom. The van der Waals surface area contributed by atoms with Crippen LogP contribution in [0.3, 0.4) is 0 Å². The number of aromatic hydroxyl groups is 1. The van der Waals surface area contributed by atoms with Gasteiger partial charge in [0.2, 0.25) is 0 Å². The van der Waals surface area contributed by atoms with E-state index in [1.165, 1.54) is 13.2 Å². The van der Waals surface area contributed by atoms with E-state index >= 15 is 0 Å². The summed E-state index contributed by atoms with van der Waals surface area (Å²) in [6, 6.07) is 12.7. The van der Waals surface area contributed by atoms with E-state index in [0.29, 0.717) is 29.7 Å². The zero-order chi connectivity index (χ0) is 26.0. The number of fused-ring (bicyclic) bond motifs is 1. The second-order valence-corrected chi connectivity index (χ2v) is 9.83. The fourth-order valence-corrected chi connectivity index (χ4v) is 5.12. The van der Waals surface area contributed by atoms with Crippen molar-refractivity contribution in [3.8, 4) is 17.2 Å². The topological polar surface area (TPSA) is 94.4 Å². The standard InChI is InChI=1S/C29H33NO6/c1-16(2)15-36-29(33)26-17(3)30-22-12-20(18-6-9-21(34-4)10-7-18)13-24(32)28(22)27(26)19-8-11-23(31)25(14-19)35-5/h6-11,14,16,20,27-28,31H,12-13,15H2,1-5H3/t20-,27-,28-/m0/s1. The van der Waals surface area contributed by atoms with Gasteiger partial charge in [0.25, 0.3) is 0 Å². The molecule has 0 aromatic heterocycles. The van der Waals surface area contributed by atoms with Crippen molar-refractivity contribution in [1.29, 1.82) is 0 Å². The molecule has 0 unspecified atom stereocenters. The van der Waals surface area contributed by atoms with Gasteiger partial charge < -0.3 is 19.3 Å². The van der Waals surface area contributed by atoms with Gasteiger partial charge in [-0.25, -0.2) is 4.79 Å². The fourth-order valence-electron chi connectivity index (χ4n) is 5.12. The lowest BCUT2D eigenvalue weighted by Crippen LogP contribution is -2.41. The number of carbonyl (C=O) groups excluding carboxylic acids is 2. The minimum absolute atomic E-state index is 0.00403. The maximum absolute atomic E-state index is 13.7. The summed E-state index contributed by atoms with van der Waals surface area (Å²) in [7, 11) is 3.09. The zero-order valence-electron chi connectivity index (χ0n) is 21.4. The summed E-state index contributed by atoms with van der Waals surface area (Å²) in [4.78, 5) is 31.8. The number of ketones is 1. The van der Waals surface area contributed by atoms with Crippen LogP contribution in [-0.2, 0) is 14.3 Å². The fraction of sp³-hybridized carbons (Fsp3) is 0.414. The van der Waals surface area contributed by atoms with Crippen LogP contribution in [-0.4, -0.2) is 43.4 Å². The molecule has 1 fully saturated rings. The number of Topliss-reactive ketones (excluding diaryl/α,β-unsaturated/α-hetero) is 1. The highest BCUT2D eigenvalue weighted by atomic mass is 16.5. The number of hydrogen-bond donors (Lipinski definition) is 1. The summed E-state index contributed by atoms with van der Waals surface area (Å²) in [5.41, 5.74) is 3.46. The van der Waals surface area contributed by atoms with Crippen LogP contribution >= 0.6 is 0 Å². The third-order valence-electron chi connectivity index (χ3n) is 6.87. The molecule has 0 spiro atoms. The third-order valence-corrected chi connectivity index (χ3v) is 6.87. The van der Waals surface area contributed by atoms with E-state index in [-0.39, 0.29) is 35.7 Å². The number of benzene rings is 2. The van der Waals surface area contributed by atoms with Gasteiger partial charge in [0.05, 0.1) is 32.3 Å². The Labute approximate surface area is 211 Å². The van der Waals surface area contributed by atoms with E-state index in [9.17, 15) is 14.7 Å². The molecular weight excluding hydrogens is 458 g/mol. The van der Waals surface area contributed by atoms with Crippen molar-refractivity contribution in [2.75, 3.05) is 20.8 Å². The lowest BCUT2D eigenvalue weighted by atomic mass is 9.66. The summed E-state index contributed by atoms with van der Waals surface area (Å²) in [5, 5.41) is 10.2. The average molecular weight is 492 g/mol. The van der Waals surface area contributed by atoms with Crippen LogP contribution in [0.15, 0.2) is 58.7 Å². The Balaban J connectivity index is 1.77. The Hall–Kier alpha value is -3.61. The highest BCUT2D eigenvalue weighted by Crippen LogP contribution is 2.47. The van der Waals surface area contributed by atoms with Gasteiger partial charge in [0.15, 0.2) is 11.5 Å². The molecule has 7 nitrogen and oxygen atoms in total. The molecule has 0 amide bonds. The molecule has 1 saturated carbocycles. The van der Waals surface area contributed by atoms with Crippen LogP contribution in [0.4, 0.5) is 0 Å². The van der Waals surface area contributed by atoms with Crippen LogP contribution in [0.5, 0.6) is 17.2 Å². The van der Waals surface area contributed by atoms with E-state index < -0.39 is 17.8 Å².